The van der Waals surface area contributed by atoms with Gasteiger partial charge in [-0.05, 0) is 63.3 Å². The molecule has 3 atom stereocenters. The first kappa shape index (κ1) is 30.2. The molecule has 1 aliphatic rings. The molecule has 212 valence electrons. The summed E-state index contributed by atoms with van der Waals surface area (Å²) >= 11 is 0. The molecule has 1 fully saturated rings. The highest BCUT2D eigenvalue weighted by Gasteiger charge is 2.28. The monoisotopic (exact) mass is 546 g/mol. The number of rotatable bonds is 14. The average molecular weight is 547 g/mol. The van der Waals surface area contributed by atoms with E-state index in [4.69, 9.17) is 0 Å². The summed E-state index contributed by atoms with van der Waals surface area (Å²) in [6, 6.07) is 15.0. The second-order valence-electron chi connectivity index (χ2n) is 10.2. The number of carbonyl (C=O) groups excluding carboxylic acids is 1. The molecule has 1 saturated heterocycles. The fourth-order valence-electron chi connectivity index (χ4n) is 4.78. The summed E-state index contributed by atoms with van der Waals surface area (Å²) in [6.07, 6.45) is 4.62. The number of hydrogen-bond donors (Lipinski definition) is 6. The van der Waals surface area contributed by atoms with Crippen molar-refractivity contribution in [3.63, 3.8) is 0 Å². The molecule has 1 heterocycles. The zero-order valence-electron chi connectivity index (χ0n) is 23.0. The van der Waals surface area contributed by atoms with E-state index >= 15 is 0 Å². The van der Waals surface area contributed by atoms with Gasteiger partial charge >= 0.3 is 0 Å². The average Bonchev–Trinajstić information content (AvgIpc) is 2.90. The van der Waals surface area contributed by atoms with Crippen LogP contribution in [0.3, 0.4) is 0 Å². The van der Waals surface area contributed by atoms with Gasteiger partial charge in [-0.25, -0.2) is 0 Å². The van der Waals surface area contributed by atoms with E-state index in [1.54, 1.807) is 16.4 Å². The summed E-state index contributed by atoms with van der Waals surface area (Å²) in [7, 11) is -2.92. The van der Waals surface area contributed by atoms with E-state index in [-0.39, 0.29) is 11.9 Å². The normalized spacial score (nSPS) is 18.3. The summed E-state index contributed by atoms with van der Waals surface area (Å²) in [6.45, 7) is 7.82. The van der Waals surface area contributed by atoms with Crippen LogP contribution in [-0.2, 0) is 6.42 Å². The summed E-state index contributed by atoms with van der Waals surface area (Å²) in [5.74, 6) is 0.0214. The van der Waals surface area contributed by atoms with Crippen LogP contribution in [0.1, 0.15) is 68.8 Å². The minimum atomic E-state index is -2.92. The number of nitrogens with one attached hydrogen (secondary N) is 3. The Morgan fingerprint density at radius 1 is 1.11 bits per heavy atom. The number of aliphatic hydroxyl groups is 1. The van der Waals surface area contributed by atoms with E-state index in [2.05, 4.69) is 29.8 Å². The van der Waals surface area contributed by atoms with Gasteiger partial charge in [0.2, 0.25) is 0 Å². The van der Waals surface area contributed by atoms with Gasteiger partial charge in [0.1, 0.15) is 0 Å². The smallest absolute Gasteiger partial charge is 0.251 e. The third kappa shape index (κ3) is 8.88. The molecule has 1 amide bonds. The van der Waals surface area contributed by atoms with Crippen molar-refractivity contribution in [2.24, 2.45) is 0 Å². The maximum Gasteiger partial charge on any atom is 0.251 e. The minimum Gasteiger partial charge on any atom is -0.390 e. The molecule has 0 aromatic heterocycles. The first-order valence-corrected chi connectivity index (χ1v) is 15.6. The van der Waals surface area contributed by atoms with Gasteiger partial charge in [-0.15, -0.1) is 10.8 Å². The Morgan fingerprint density at radius 3 is 2.55 bits per heavy atom. The van der Waals surface area contributed by atoms with Crippen LogP contribution in [-0.4, -0.2) is 63.7 Å². The molecule has 1 aliphatic heterocycles. The number of unbranched alkanes of at least 4 members (excludes halogenated alkanes) is 1. The fourth-order valence-corrected chi connectivity index (χ4v) is 6.45. The zero-order valence-corrected chi connectivity index (χ0v) is 23.8. The van der Waals surface area contributed by atoms with E-state index < -0.39 is 22.9 Å². The molecular formula is C29H46N4O4S. The summed E-state index contributed by atoms with van der Waals surface area (Å²) < 4.78 is 23.0. The lowest BCUT2D eigenvalue weighted by Gasteiger charge is -2.47. The second-order valence-corrected chi connectivity index (χ2v) is 12.3. The summed E-state index contributed by atoms with van der Waals surface area (Å²) in [4.78, 5) is 13.6. The van der Waals surface area contributed by atoms with Gasteiger partial charge in [0, 0.05) is 36.9 Å². The highest BCUT2D eigenvalue weighted by Crippen LogP contribution is 2.50. The van der Waals surface area contributed by atoms with Crippen LogP contribution < -0.4 is 20.3 Å². The lowest BCUT2D eigenvalue weighted by Crippen LogP contribution is -2.49. The molecule has 2 aromatic carbocycles. The van der Waals surface area contributed by atoms with Crippen LogP contribution in [0.5, 0.6) is 0 Å². The largest absolute Gasteiger partial charge is 0.390 e. The van der Waals surface area contributed by atoms with Crippen molar-refractivity contribution < 1.29 is 19.0 Å². The number of amides is 1. The van der Waals surface area contributed by atoms with E-state index in [9.17, 15) is 19.0 Å². The minimum absolute atomic E-state index is 0.279. The molecule has 3 rings (SSSR count). The Labute approximate surface area is 229 Å². The Morgan fingerprint density at radius 2 is 1.87 bits per heavy atom. The molecule has 0 spiro atoms. The zero-order chi connectivity index (χ0) is 27.5. The third-order valence-electron chi connectivity index (χ3n) is 6.98. The SMILES string of the molecule is CCCCC(C)NC[C@@H](O)[C@H](Cc1ccccc1)NC(=O)c1cc(NCC)cc(N2CCCCS2(O)O)c1. The second kappa shape index (κ2) is 14.7. The van der Waals surface area contributed by atoms with Crippen LogP contribution in [0.25, 0.3) is 0 Å². The highest BCUT2D eigenvalue weighted by atomic mass is 32.3. The quantitative estimate of drug-likeness (QED) is 0.192. The number of aliphatic hydroxyl groups excluding tert-OH is 1. The van der Waals surface area contributed by atoms with Crippen LogP contribution in [0, 0.1) is 0 Å². The summed E-state index contributed by atoms with van der Waals surface area (Å²) in [5.41, 5.74) is 2.79. The van der Waals surface area contributed by atoms with E-state index in [1.807, 2.05) is 43.3 Å². The lowest BCUT2D eigenvalue weighted by atomic mass is 10.00. The molecule has 38 heavy (non-hydrogen) atoms. The van der Waals surface area contributed by atoms with Crippen LogP contribution in [0.2, 0.25) is 0 Å². The van der Waals surface area contributed by atoms with Gasteiger partial charge in [-0.3, -0.25) is 18.2 Å². The highest BCUT2D eigenvalue weighted by molar-refractivity contribution is 8.25. The maximum atomic E-state index is 13.6. The molecule has 1 unspecified atom stereocenters. The molecular weight excluding hydrogens is 500 g/mol. The van der Waals surface area contributed by atoms with Gasteiger partial charge in [-0.1, -0.05) is 50.1 Å². The van der Waals surface area contributed by atoms with Crippen molar-refractivity contribution >= 4 is 28.1 Å². The molecule has 9 heteroatoms. The Bertz CT molecular complexity index is 1010. The first-order chi connectivity index (χ1) is 18.2. The maximum absolute atomic E-state index is 13.6. The van der Waals surface area contributed by atoms with Crippen molar-refractivity contribution in [2.75, 3.05) is 35.0 Å². The predicted molar refractivity (Wildman–Crippen MR) is 159 cm³/mol. The molecule has 0 aliphatic carbocycles. The van der Waals surface area contributed by atoms with E-state index in [0.29, 0.717) is 43.1 Å². The van der Waals surface area contributed by atoms with Gasteiger partial charge in [0.05, 0.1) is 23.6 Å². The van der Waals surface area contributed by atoms with E-state index in [0.717, 1.165) is 43.4 Å². The lowest BCUT2D eigenvalue weighted by molar-refractivity contribution is 0.0825. The fraction of sp³-hybridized carbons (Fsp3) is 0.552. The summed E-state index contributed by atoms with van der Waals surface area (Å²) in [5, 5.41) is 20.9. The number of anilines is 2. The first-order valence-electron chi connectivity index (χ1n) is 13.9. The van der Waals surface area contributed by atoms with Crippen molar-refractivity contribution in [1.29, 1.82) is 0 Å². The Balaban J connectivity index is 1.82. The van der Waals surface area contributed by atoms with Crippen molar-refractivity contribution in [1.82, 2.24) is 10.6 Å². The Kier molecular flexibility index (Phi) is 11.7. The van der Waals surface area contributed by atoms with Crippen LogP contribution in [0.4, 0.5) is 11.4 Å². The number of carbonyl (C=O) groups is 1. The van der Waals surface area contributed by atoms with Gasteiger partial charge in [0.15, 0.2) is 0 Å². The van der Waals surface area contributed by atoms with Gasteiger partial charge in [0.25, 0.3) is 5.91 Å². The molecule has 6 N–H and O–H groups in total. The van der Waals surface area contributed by atoms with Crippen molar-refractivity contribution in [3.8, 4) is 0 Å². The van der Waals surface area contributed by atoms with E-state index in [1.165, 1.54) is 0 Å². The Hall–Kier alpha value is -2.30. The topological polar surface area (TPSA) is 117 Å². The number of nitrogens with zero attached hydrogens (tertiary/aromatic N) is 1. The number of benzene rings is 2. The predicted octanol–water partition coefficient (Wildman–Crippen LogP) is 5.25. The molecule has 0 bridgehead atoms. The van der Waals surface area contributed by atoms with Crippen LogP contribution in [0.15, 0.2) is 48.5 Å². The van der Waals surface area contributed by atoms with Crippen molar-refractivity contribution in [2.45, 2.75) is 77.5 Å². The van der Waals surface area contributed by atoms with Gasteiger partial charge in [-0.2, -0.15) is 0 Å². The van der Waals surface area contributed by atoms with Crippen molar-refractivity contribution in [3.05, 3.63) is 59.7 Å². The van der Waals surface area contributed by atoms with Crippen LogP contribution >= 0.6 is 10.8 Å². The molecule has 0 saturated carbocycles. The standard InChI is InChI=1S/C29H46N4O4S/c1-4-6-12-22(3)31-21-28(34)27(17-23-13-8-7-9-14-23)32-29(35)24-18-25(30-5-2)20-26(19-24)33-15-10-11-16-38(33,36)37/h7-9,13-14,18-20,22,27-28,30-31,34,36-37H,4-6,10-12,15-17,21H2,1-3H3,(H,32,35)/t22?,27-,28+/m0/s1. The number of hydrogen-bond acceptors (Lipinski definition) is 7. The van der Waals surface area contributed by atoms with Gasteiger partial charge < -0.3 is 21.1 Å². The molecule has 0 radical (unpaired) electrons. The molecule has 2 aromatic rings. The third-order valence-corrected chi connectivity index (χ3v) is 8.91. The molecule has 8 nitrogen and oxygen atoms in total.